The van der Waals surface area contributed by atoms with Gasteiger partial charge in [0.25, 0.3) is 0 Å². The Morgan fingerprint density at radius 1 is 1.20 bits per heavy atom. The first-order chi connectivity index (χ1) is 14.1. The van der Waals surface area contributed by atoms with Crippen molar-refractivity contribution in [1.29, 1.82) is 0 Å². The maximum atomic E-state index is 13.7. The number of halogens is 2. The molecule has 0 unspecified atom stereocenters. The van der Waals surface area contributed by atoms with E-state index >= 15 is 0 Å². The Kier molecular flexibility index (Phi) is 5.86. The van der Waals surface area contributed by atoms with E-state index in [0.29, 0.717) is 22.2 Å². The van der Waals surface area contributed by atoms with Crippen LogP contribution < -0.4 is 5.46 Å². The molecule has 0 spiro atoms. The number of esters is 1. The zero-order valence-corrected chi connectivity index (χ0v) is 15.7. The van der Waals surface area contributed by atoms with Gasteiger partial charge in [-0.15, -0.1) is 0 Å². The van der Waals surface area contributed by atoms with Crippen LogP contribution in [0.4, 0.5) is 8.78 Å². The molecule has 11 heteroatoms. The molecule has 0 fully saturated rings. The fourth-order valence-electron chi connectivity index (χ4n) is 3.11. The number of carboxylic acid groups (broad SMARTS) is 1. The highest BCUT2D eigenvalue weighted by Crippen LogP contribution is 2.22. The Balaban J connectivity index is 1.94. The summed E-state index contributed by atoms with van der Waals surface area (Å²) >= 11 is 0. The summed E-state index contributed by atoms with van der Waals surface area (Å²) in [5, 5.41) is 27.5. The van der Waals surface area contributed by atoms with Crippen LogP contribution in [0, 0.1) is 0 Å². The van der Waals surface area contributed by atoms with Crippen LogP contribution >= 0.6 is 0 Å². The Morgan fingerprint density at radius 2 is 1.93 bits per heavy atom. The van der Waals surface area contributed by atoms with E-state index in [4.69, 9.17) is 5.11 Å². The standard InChI is InChI=1S/C19H17BF2N2O6/c1-30-17(25)12-3-5-16-15(7-12)23-10-24(16)9-11-2-4-14(20(28)29)13(6-11)8-19(21,22)18(26)27/h2-7,10,28-29H,8-9H2,1H3,(H,26,27). The van der Waals surface area contributed by atoms with Crippen molar-refractivity contribution >= 4 is 35.6 Å². The molecule has 3 aromatic rings. The van der Waals surface area contributed by atoms with Gasteiger partial charge in [0.2, 0.25) is 0 Å². The second-order valence-corrected chi connectivity index (χ2v) is 6.66. The average molecular weight is 418 g/mol. The fourth-order valence-corrected chi connectivity index (χ4v) is 3.11. The van der Waals surface area contributed by atoms with Gasteiger partial charge in [0, 0.05) is 13.0 Å². The Bertz CT molecular complexity index is 1120. The maximum absolute atomic E-state index is 13.7. The van der Waals surface area contributed by atoms with Crippen LogP contribution in [0.15, 0.2) is 42.7 Å². The van der Waals surface area contributed by atoms with Crippen molar-refractivity contribution in [3.05, 3.63) is 59.4 Å². The van der Waals surface area contributed by atoms with E-state index in [0.717, 1.165) is 0 Å². The number of hydrogen-bond acceptors (Lipinski definition) is 6. The largest absolute Gasteiger partial charge is 0.488 e. The molecule has 8 nitrogen and oxygen atoms in total. The zero-order chi connectivity index (χ0) is 22.1. The van der Waals surface area contributed by atoms with Crippen molar-refractivity contribution < 1.29 is 38.3 Å². The number of carbonyl (C=O) groups excluding carboxylic acids is 1. The Labute approximate surface area is 169 Å². The third-order valence-electron chi connectivity index (χ3n) is 4.61. The molecule has 2 aromatic carbocycles. The monoisotopic (exact) mass is 418 g/mol. The molecule has 3 rings (SSSR count). The van der Waals surface area contributed by atoms with Crippen LogP contribution in [-0.2, 0) is 22.5 Å². The summed E-state index contributed by atoms with van der Waals surface area (Å²) in [6.07, 6.45) is 0.322. The number of aromatic nitrogens is 2. The number of nitrogens with zero attached hydrogens (tertiary/aromatic N) is 2. The van der Waals surface area contributed by atoms with Gasteiger partial charge in [0.15, 0.2) is 0 Å². The summed E-state index contributed by atoms with van der Waals surface area (Å²) in [6.45, 7) is 0.196. The lowest BCUT2D eigenvalue weighted by molar-refractivity contribution is -0.164. The lowest BCUT2D eigenvalue weighted by Gasteiger charge is -2.16. The SMILES string of the molecule is COC(=O)c1ccc2c(c1)ncn2Cc1ccc(B(O)O)c(CC(F)(F)C(=O)O)c1. The van der Waals surface area contributed by atoms with E-state index in [2.05, 4.69) is 9.72 Å². The predicted molar refractivity (Wildman–Crippen MR) is 103 cm³/mol. The normalized spacial score (nSPS) is 11.5. The van der Waals surface area contributed by atoms with Gasteiger partial charge in [0.05, 0.1) is 30.0 Å². The van der Waals surface area contributed by atoms with Gasteiger partial charge in [-0.05, 0) is 34.8 Å². The van der Waals surface area contributed by atoms with E-state index in [1.54, 1.807) is 22.8 Å². The first kappa shape index (κ1) is 21.4. The van der Waals surface area contributed by atoms with Crippen molar-refractivity contribution in [2.75, 3.05) is 7.11 Å². The van der Waals surface area contributed by atoms with E-state index in [1.165, 1.54) is 31.6 Å². The first-order valence-electron chi connectivity index (χ1n) is 8.74. The number of carbonyl (C=O) groups is 2. The molecule has 0 atom stereocenters. The minimum atomic E-state index is -4.06. The summed E-state index contributed by atoms with van der Waals surface area (Å²) in [5.74, 6) is -6.87. The number of rotatable bonds is 7. The molecule has 1 heterocycles. The summed E-state index contributed by atoms with van der Waals surface area (Å²) in [6, 6.07) is 8.88. The van der Waals surface area contributed by atoms with Gasteiger partial charge in [0.1, 0.15) is 0 Å². The highest BCUT2D eigenvalue weighted by molar-refractivity contribution is 6.59. The lowest BCUT2D eigenvalue weighted by Crippen LogP contribution is -2.38. The Hall–Kier alpha value is -3.31. The third-order valence-corrected chi connectivity index (χ3v) is 4.61. The molecule has 30 heavy (non-hydrogen) atoms. The summed E-state index contributed by atoms with van der Waals surface area (Å²) < 4.78 is 33.8. The predicted octanol–water partition coefficient (Wildman–Crippen LogP) is 0.813. The number of ether oxygens (including phenoxy) is 1. The molecule has 0 saturated carbocycles. The summed E-state index contributed by atoms with van der Waals surface area (Å²) in [4.78, 5) is 26.6. The zero-order valence-electron chi connectivity index (χ0n) is 15.7. The first-order valence-corrected chi connectivity index (χ1v) is 8.74. The Morgan fingerprint density at radius 3 is 2.57 bits per heavy atom. The number of hydrogen-bond donors (Lipinski definition) is 3. The fraction of sp³-hybridized carbons (Fsp3) is 0.211. The summed E-state index contributed by atoms with van der Waals surface area (Å²) in [5.41, 5.74) is 1.66. The van der Waals surface area contributed by atoms with E-state index in [9.17, 15) is 28.4 Å². The molecule has 0 amide bonds. The molecular formula is C19H17BF2N2O6. The van der Waals surface area contributed by atoms with Crippen LogP contribution in [0.25, 0.3) is 11.0 Å². The number of carboxylic acids is 1. The average Bonchev–Trinajstić information content (AvgIpc) is 3.08. The van der Waals surface area contributed by atoms with E-state index < -0.39 is 31.4 Å². The smallest absolute Gasteiger partial charge is 0.477 e. The van der Waals surface area contributed by atoms with Crippen molar-refractivity contribution in [2.24, 2.45) is 0 Å². The van der Waals surface area contributed by atoms with Gasteiger partial charge in [-0.25, -0.2) is 14.6 Å². The highest BCUT2D eigenvalue weighted by atomic mass is 19.3. The molecule has 0 radical (unpaired) electrons. The molecular weight excluding hydrogens is 401 g/mol. The quantitative estimate of drug-likeness (QED) is 0.384. The molecule has 0 bridgehead atoms. The molecule has 0 aliphatic heterocycles. The highest BCUT2D eigenvalue weighted by Gasteiger charge is 2.40. The van der Waals surface area contributed by atoms with Gasteiger partial charge in [-0.2, -0.15) is 8.78 Å². The van der Waals surface area contributed by atoms with E-state index in [-0.39, 0.29) is 17.6 Å². The van der Waals surface area contributed by atoms with E-state index in [1.807, 2.05) is 0 Å². The second-order valence-electron chi connectivity index (χ2n) is 6.66. The number of imidazole rings is 1. The number of benzene rings is 2. The van der Waals surface area contributed by atoms with Crippen LogP contribution in [0.5, 0.6) is 0 Å². The number of alkyl halides is 2. The van der Waals surface area contributed by atoms with Crippen LogP contribution in [0.3, 0.4) is 0 Å². The van der Waals surface area contributed by atoms with Gasteiger partial charge in [-0.3, -0.25) is 0 Å². The molecule has 0 aliphatic rings. The topological polar surface area (TPSA) is 122 Å². The van der Waals surface area contributed by atoms with Crippen molar-refractivity contribution in [3.63, 3.8) is 0 Å². The minimum Gasteiger partial charge on any atom is -0.477 e. The maximum Gasteiger partial charge on any atom is 0.488 e. The van der Waals surface area contributed by atoms with Crippen LogP contribution in [-0.4, -0.2) is 56.8 Å². The summed E-state index contributed by atoms with van der Waals surface area (Å²) in [7, 11) is -0.756. The van der Waals surface area contributed by atoms with Crippen molar-refractivity contribution in [2.45, 2.75) is 18.9 Å². The van der Waals surface area contributed by atoms with Crippen LogP contribution in [0.1, 0.15) is 21.5 Å². The molecule has 3 N–H and O–H groups in total. The minimum absolute atomic E-state index is 0.188. The molecule has 0 saturated heterocycles. The lowest BCUT2D eigenvalue weighted by atomic mass is 9.75. The van der Waals surface area contributed by atoms with Gasteiger partial charge < -0.3 is 24.5 Å². The van der Waals surface area contributed by atoms with Crippen molar-refractivity contribution in [1.82, 2.24) is 9.55 Å². The van der Waals surface area contributed by atoms with Crippen LogP contribution in [0.2, 0.25) is 0 Å². The number of methoxy groups -OCH3 is 1. The van der Waals surface area contributed by atoms with Crippen molar-refractivity contribution in [3.8, 4) is 0 Å². The van der Waals surface area contributed by atoms with Gasteiger partial charge >= 0.3 is 25.0 Å². The third kappa shape index (κ3) is 4.31. The second kappa shape index (κ2) is 8.21. The number of fused-ring (bicyclic) bond motifs is 1. The number of aliphatic carboxylic acids is 1. The molecule has 0 aliphatic carbocycles. The van der Waals surface area contributed by atoms with Gasteiger partial charge in [-0.1, -0.05) is 18.2 Å². The molecule has 1 aromatic heterocycles. The molecule has 156 valence electrons.